The Morgan fingerprint density at radius 3 is 2.81 bits per heavy atom. The summed E-state index contributed by atoms with van der Waals surface area (Å²) in [6.07, 6.45) is 0.624. The molecule has 1 saturated heterocycles. The molecule has 0 spiro atoms. The van der Waals surface area contributed by atoms with Crippen LogP contribution in [0.4, 0.5) is 0 Å². The monoisotopic (exact) mass is 258 g/mol. The Hall–Kier alpha value is -0.800. The molecule has 0 radical (unpaired) electrons. The first-order valence-corrected chi connectivity index (χ1v) is 5.90. The lowest BCUT2D eigenvalue weighted by molar-refractivity contribution is -0.128. The fraction of sp³-hybridized carbons (Fsp3) is 0.455. The number of likely N-dealkylation sites (tertiary alicyclic amines) is 1. The maximum absolute atomic E-state index is 11.6. The van der Waals surface area contributed by atoms with Crippen molar-refractivity contribution in [2.24, 2.45) is 5.92 Å². The van der Waals surface area contributed by atoms with Gasteiger partial charge in [0.05, 0.1) is 0 Å². The Bertz CT molecular complexity index is 422. The van der Waals surface area contributed by atoms with Gasteiger partial charge in [0.15, 0.2) is 0 Å². The van der Waals surface area contributed by atoms with Crippen molar-refractivity contribution in [3.63, 3.8) is 0 Å². The molecule has 0 saturated carbocycles. The molecule has 1 amide bonds. The minimum Gasteiger partial charge on any atom is -0.338 e. The number of nitrogens with zero attached hydrogens (tertiary/aromatic N) is 2. The van der Waals surface area contributed by atoms with Crippen LogP contribution in [0.5, 0.6) is 0 Å². The summed E-state index contributed by atoms with van der Waals surface area (Å²) in [6, 6.07) is 3.50. The Labute approximate surface area is 104 Å². The van der Waals surface area contributed by atoms with Crippen molar-refractivity contribution in [2.75, 3.05) is 6.54 Å². The molecule has 1 unspecified atom stereocenters. The van der Waals surface area contributed by atoms with Crippen LogP contribution >= 0.6 is 23.2 Å². The number of carbonyl (C=O) groups is 1. The van der Waals surface area contributed by atoms with Crippen molar-refractivity contribution < 1.29 is 4.79 Å². The van der Waals surface area contributed by atoms with Gasteiger partial charge in [0.25, 0.3) is 0 Å². The van der Waals surface area contributed by atoms with Gasteiger partial charge < -0.3 is 4.90 Å². The lowest BCUT2D eigenvalue weighted by atomic mass is 10.2. The third-order valence-electron chi connectivity index (χ3n) is 2.66. The lowest BCUT2D eigenvalue weighted by Gasteiger charge is -2.16. The van der Waals surface area contributed by atoms with E-state index in [0.29, 0.717) is 29.2 Å². The summed E-state index contributed by atoms with van der Waals surface area (Å²) < 4.78 is 0. The van der Waals surface area contributed by atoms with E-state index in [1.165, 1.54) is 0 Å². The van der Waals surface area contributed by atoms with Gasteiger partial charge in [-0.15, -0.1) is 0 Å². The Balaban J connectivity index is 2.12. The predicted molar refractivity (Wildman–Crippen MR) is 63.5 cm³/mol. The third-order valence-corrected chi connectivity index (χ3v) is 3.20. The Morgan fingerprint density at radius 2 is 2.25 bits per heavy atom. The molecular weight excluding hydrogens is 247 g/mol. The average Bonchev–Trinajstić information content (AvgIpc) is 2.50. The normalized spacial score (nSPS) is 20.6. The molecule has 3 nitrogen and oxygen atoms in total. The summed E-state index contributed by atoms with van der Waals surface area (Å²) in [7, 11) is 0. The standard InChI is InChI=1S/C11H12Cl2N2O/c1-7-4-10(16)15(5-7)6-8-2-3-9(12)14-11(8)13/h2-3,7H,4-6H2,1H3. The maximum Gasteiger partial charge on any atom is 0.223 e. The van der Waals surface area contributed by atoms with E-state index in [9.17, 15) is 4.79 Å². The molecule has 1 aliphatic heterocycles. The van der Waals surface area contributed by atoms with Crippen LogP contribution in [-0.4, -0.2) is 22.3 Å². The van der Waals surface area contributed by atoms with Gasteiger partial charge in [-0.2, -0.15) is 0 Å². The number of pyridine rings is 1. The van der Waals surface area contributed by atoms with Crippen molar-refractivity contribution in [1.29, 1.82) is 0 Å². The molecular formula is C11H12Cl2N2O. The predicted octanol–water partition coefficient (Wildman–Crippen LogP) is 2.76. The van der Waals surface area contributed by atoms with Crippen molar-refractivity contribution in [2.45, 2.75) is 19.9 Å². The van der Waals surface area contributed by atoms with Crippen LogP contribution in [0, 0.1) is 5.92 Å². The van der Waals surface area contributed by atoms with E-state index in [2.05, 4.69) is 11.9 Å². The highest BCUT2D eigenvalue weighted by Gasteiger charge is 2.26. The lowest BCUT2D eigenvalue weighted by Crippen LogP contribution is -2.24. The molecule has 0 aromatic carbocycles. The van der Waals surface area contributed by atoms with Gasteiger partial charge in [0.1, 0.15) is 10.3 Å². The molecule has 2 heterocycles. The molecule has 1 aromatic rings. The van der Waals surface area contributed by atoms with E-state index in [0.717, 1.165) is 12.1 Å². The van der Waals surface area contributed by atoms with Gasteiger partial charge in [-0.05, 0) is 12.0 Å². The van der Waals surface area contributed by atoms with E-state index in [4.69, 9.17) is 23.2 Å². The van der Waals surface area contributed by atoms with Crippen molar-refractivity contribution in [3.05, 3.63) is 28.0 Å². The fourth-order valence-electron chi connectivity index (χ4n) is 1.89. The number of hydrogen-bond donors (Lipinski definition) is 0. The molecule has 16 heavy (non-hydrogen) atoms. The summed E-state index contributed by atoms with van der Waals surface area (Å²) in [5, 5.41) is 0.745. The number of hydrogen-bond acceptors (Lipinski definition) is 2. The van der Waals surface area contributed by atoms with Gasteiger partial charge in [-0.3, -0.25) is 4.79 Å². The van der Waals surface area contributed by atoms with Gasteiger partial charge in [-0.1, -0.05) is 36.2 Å². The molecule has 2 rings (SSSR count). The summed E-state index contributed by atoms with van der Waals surface area (Å²) >= 11 is 11.7. The number of halogens is 2. The molecule has 0 N–H and O–H groups in total. The highest BCUT2D eigenvalue weighted by Crippen LogP contribution is 2.23. The van der Waals surface area contributed by atoms with Gasteiger partial charge in [-0.25, -0.2) is 4.98 Å². The van der Waals surface area contributed by atoms with E-state index in [-0.39, 0.29) is 5.91 Å². The largest absolute Gasteiger partial charge is 0.338 e. The molecule has 0 bridgehead atoms. The molecule has 1 fully saturated rings. The smallest absolute Gasteiger partial charge is 0.223 e. The fourth-order valence-corrected chi connectivity index (χ4v) is 2.29. The van der Waals surface area contributed by atoms with E-state index in [1.54, 1.807) is 6.07 Å². The second kappa shape index (κ2) is 4.60. The van der Waals surface area contributed by atoms with E-state index < -0.39 is 0 Å². The summed E-state index contributed by atoms with van der Waals surface area (Å²) in [4.78, 5) is 17.4. The second-order valence-electron chi connectivity index (χ2n) is 4.17. The highest BCUT2D eigenvalue weighted by molar-refractivity contribution is 6.32. The number of aromatic nitrogens is 1. The first kappa shape index (κ1) is 11.7. The van der Waals surface area contributed by atoms with Gasteiger partial charge in [0.2, 0.25) is 5.91 Å². The third kappa shape index (κ3) is 2.47. The van der Waals surface area contributed by atoms with Crippen molar-refractivity contribution in [3.8, 4) is 0 Å². The SMILES string of the molecule is CC1CC(=O)N(Cc2ccc(Cl)nc2Cl)C1. The van der Waals surface area contributed by atoms with Crippen LogP contribution in [0.1, 0.15) is 18.9 Å². The average molecular weight is 259 g/mol. The Morgan fingerprint density at radius 1 is 1.50 bits per heavy atom. The number of carbonyl (C=O) groups excluding carboxylic acids is 1. The molecule has 1 aromatic heterocycles. The van der Waals surface area contributed by atoms with Gasteiger partial charge >= 0.3 is 0 Å². The first-order valence-electron chi connectivity index (χ1n) is 5.15. The second-order valence-corrected chi connectivity index (χ2v) is 4.91. The zero-order chi connectivity index (χ0) is 11.7. The topological polar surface area (TPSA) is 33.2 Å². The van der Waals surface area contributed by atoms with Crippen LogP contribution in [0.3, 0.4) is 0 Å². The summed E-state index contributed by atoms with van der Waals surface area (Å²) in [5.74, 6) is 0.602. The minimum absolute atomic E-state index is 0.179. The van der Waals surface area contributed by atoms with Crippen LogP contribution in [-0.2, 0) is 11.3 Å². The maximum atomic E-state index is 11.6. The summed E-state index contributed by atoms with van der Waals surface area (Å²) in [5.41, 5.74) is 0.841. The number of rotatable bonds is 2. The summed E-state index contributed by atoms with van der Waals surface area (Å²) in [6.45, 7) is 3.38. The minimum atomic E-state index is 0.179. The highest BCUT2D eigenvalue weighted by atomic mass is 35.5. The van der Waals surface area contributed by atoms with Crippen LogP contribution in [0.15, 0.2) is 12.1 Å². The molecule has 5 heteroatoms. The molecule has 0 aliphatic carbocycles. The quantitative estimate of drug-likeness (QED) is 0.765. The molecule has 1 atom stereocenters. The Kier molecular flexibility index (Phi) is 3.36. The van der Waals surface area contributed by atoms with Crippen LogP contribution in [0.2, 0.25) is 10.3 Å². The van der Waals surface area contributed by atoms with Crippen molar-refractivity contribution >= 4 is 29.1 Å². The van der Waals surface area contributed by atoms with Crippen LogP contribution < -0.4 is 0 Å². The van der Waals surface area contributed by atoms with Gasteiger partial charge in [0, 0.05) is 25.1 Å². The molecule has 86 valence electrons. The zero-order valence-electron chi connectivity index (χ0n) is 8.91. The van der Waals surface area contributed by atoms with Crippen LogP contribution in [0.25, 0.3) is 0 Å². The van der Waals surface area contributed by atoms with Crippen molar-refractivity contribution in [1.82, 2.24) is 9.88 Å². The first-order chi connectivity index (χ1) is 7.56. The molecule has 1 aliphatic rings. The zero-order valence-corrected chi connectivity index (χ0v) is 10.4. The van der Waals surface area contributed by atoms with E-state index >= 15 is 0 Å². The number of amides is 1. The van der Waals surface area contributed by atoms with E-state index in [1.807, 2.05) is 11.0 Å².